The number of hydrogen-bond acceptors (Lipinski definition) is 17. The van der Waals surface area contributed by atoms with E-state index in [9.17, 15) is 25.1 Å². The molecule has 0 amide bonds. The van der Waals surface area contributed by atoms with Crippen molar-refractivity contribution in [3.8, 4) is 46.0 Å². The van der Waals surface area contributed by atoms with Crippen LogP contribution in [0.2, 0.25) is 0 Å². The van der Waals surface area contributed by atoms with Crippen molar-refractivity contribution >= 4 is 49.4 Å². The largest absolute Gasteiger partial charge is 1.00 e. The molecule has 0 bridgehead atoms. The molecule has 1 fully saturated rings. The van der Waals surface area contributed by atoms with Crippen molar-refractivity contribution in [1.82, 2.24) is 19.9 Å². The normalized spacial score (nSPS) is 10.8. The standard InChI is InChI=1S/C12H9N3S.C11H10N2OS.C10H7N3O3.C5H10NO3P.C4H8O.CH4S.Na/c1-16-10-6-9(8-13)15-12(7-10)11-4-2-3-5-14-11;1-15-9-5-7-13(14)11(8-9)10-4-2-3-6-12-10;14-12-6-4-8(13(15)16)7-10(12)9-3-1-2-5-11-9;1-3-8-10(7,5-6)9-4-2;1-2-4-5-3-1;1-2;/h2-7H,1H3;2-8H,1H3;1-7H;3-4H2,1-2H3;1-4H2;2H,1H3;/q;;;;;;+1/p-1. The second kappa shape index (κ2) is 33.5. The van der Waals surface area contributed by atoms with Gasteiger partial charge in [-0.2, -0.15) is 26.2 Å². The van der Waals surface area contributed by atoms with E-state index in [1.54, 1.807) is 86.4 Å². The average molecular weight is 968 g/mol. The summed E-state index contributed by atoms with van der Waals surface area (Å²) in [4.78, 5) is 28.7. The average Bonchev–Trinajstić information content (AvgIpc) is 3.95. The number of ether oxygens (including phenoxy) is 1. The zero-order valence-electron chi connectivity index (χ0n) is 36.8. The smallest absolute Gasteiger partial charge is 0.796 e. The molecule has 0 radical (unpaired) electrons. The van der Waals surface area contributed by atoms with Gasteiger partial charge in [0.2, 0.25) is 11.4 Å². The van der Waals surface area contributed by atoms with Gasteiger partial charge >= 0.3 is 37.2 Å². The minimum atomic E-state index is -3.39. The molecule has 7 heterocycles. The van der Waals surface area contributed by atoms with Crippen LogP contribution in [-0.2, 0) is 31.0 Å². The van der Waals surface area contributed by atoms with Crippen LogP contribution in [0, 0.1) is 42.9 Å². The molecule has 7 rings (SSSR count). The van der Waals surface area contributed by atoms with Crippen molar-refractivity contribution in [2.75, 3.05) is 45.2 Å². The van der Waals surface area contributed by atoms with E-state index in [4.69, 9.17) is 15.3 Å². The number of thioether (sulfide) groups is 2. The third-order valence-electron chi connectivity index (χ3n) is 7.72. The molecule has 1 aliphatic rings. The zero-order chi connectivity index (χ0) is 47.2. The minimum Gasteiger partial charge on any atom is -0.796 e. The molecule has 0 aromatic carbocycles. The van der Waals surface area contributed by atoms with E-state index in [-0.39, 0.29) is 54.2 Å². The summed E-state index contributed by atoms with van der Waals surface area (Å²) in [6, 6.07) is 28.0. The fourth-order valence-corrected chi connectivity index (χ4v) is 6.61. The molecule has 22 heteroatoms. The van der Waals surface area contributed by atoms with Crippen molar-refractivity contribution in [1.29, 1.82) is 10.5 Å². The summed E-state index contributed by atoms with van der Waals surface area (Å²) in [5, 5.41) is 50.7. The summed E-state index contributed by atoms with van der Waals surface area (Å²) in [5.74, 6) is 1.49. The van der Waals surface area contributed by atoms with Crippen LogP contribution in [-0.4, -0.2) is 70.1 Å². The van der Waals surface area contributed by atoms with Crippen LogP contribution >= 0.6 is 31.1 Å². The maximum atomic E-state index is 11.6. The van der Waals surface area contributed by atoms with Crippen molar-refractivity contribution in [2.45, 2.75) is 36.5 Å². The van der Waals surface area contributed by atoms with Crippen molar-refractivity contribution in [3.05, 3.63) is 148 Å². The first kappa shape index (κ1) is 58.1. The number of hydrogen-bond donors (Lipinski definition) is 0. The molecule has 0 aliphatic carbocycles. The first-order valence-electron chi connectivity index (χ1n) is 19.2. The van der Waals surface area contributed by atoms with Gasteiger partial charge in [0, 0.05) is 53.7 Å². The van der Waals surface area contributed by atoms with Crippen LogP contribution in [0.4, 0.5) is 5.69 Å². The number of nitriles is 2. The molecule has 6 aromatic heterocycles. The summed E-state index contributed by atoms with van der Waals surface area (Å²) in [6.45, 7) is 5.77. The van der Waals surface area contributed by atoms with Gasteiger partial charge < -0.3 is 27.8 Å². The zero-order valence-corrected chi connectivity index (χ0v) is 42.1. The summed E-state index contributed by atoms with van der Waals surface area (Å²) >= 11 is 7.28. The number of nitrogens with zero attached hydrogens (tertiary/aromatic N) is 9. The van der Waals surface area contributed by atoms with Crippen LogP contribution in [0.1, 0.15) is 32.4 Å². The molecule has 336 valence electrons. The Hall–Kier alpha value is -4.96. The van der Waals surface area contributed by atoms with Crippen LogP contribution < -0.4 is 39.0 Å². The van der Waals surface area contributed by atoms with Crippen LogP contribution in [0.25, 0.3) is 34.2 Å². The van der Waals surface area contributed by atoms with Crippen LogP contribution in [0.15, 0.2) is 132 Å². The van der Waals surface area contributed by atoms with E-state index in [1.807, 2.05) is 61.0 Å². The maximum absolute atomic E-state index is 11.6. The third kappa shape index (κ3) is 21.3. The molecule has 0 unspecified atom stereocenters. The molecule has 0 spiro atoms. The molecule has 1 aliphatic heterocycles. The van der Waals surface area contributed by atoms with Crippen LogP contribution in [0.3, 0.4) is 0 Å². The fraction of sp³-hybridized carbons (Fsp3) is 0.256. The predicted octanol–water partition coefficient (Wildman–Crippen LogP) is 5.83. The van der Waals surface area contributed by atoms with Gasteiger partial charge in [-0.25, -0.2) is 19.5 Å². The maximum Gasteiger partial charge on any atom is 1.00 e. The van der Waals surface area contributed by atoms with E-state index >= 15 is 0 Å². The van der Waals surface area contributed by atoms with Gasteiger partial charge in [0.05, 0.1) is 41.7 Å². The van der Waals surface area contributed by atoms with Crippen molar-refractivity contribution in [2.24, 2.45) is 0 Å². The summed E-state index contributed by atoms with van der Waals surface area (Å²) in [6.07, 6.45) is 15.6. The van der Waals surface area contributed by atoms with E-state index in [1.165, 1.54) is 37.1 Å². The molecule has 17 nitrogen and oxygen atoms in total. The van der Waals surface area contributed by atoms with Crippen molar-refractivity contribution < 1.29 is 62.3 Å². The van der Waals surface area contributed by atoms with Gasteiger partial charge in [-0.15, -0.1) is 23.5 Å². The summed E-state index contributed by atoms with van der Waals surface area (Å²) in [7, 11) is -3.39. The van der Waals surface area contributed by atoms with Gasteiger partial charge in [-0.3, -0.25) is 24.1 Å². The first-order valence-corrected chi connectivity index (χ1v) is 24.0. The number of rotatable bonds is 10. The summed E-state index contributed by atoms with van der Waals surface area (Å²) < 4.78 is 26.5. The molecule has 65 heavy (non-hydrogen) atoms. The third-order valence-corrected chi connectivity index (χ3v) is 10.6. The topological polar surface area (TPSA) is 241 Å². The molecule has 0 N–H and O–H groups in total. The minimum absolute atomic E-state index is 0. The van der Waals surface area contributed by atoms with E-state index in [0.717, 1.165) is 51.4 Å². The molecular weight excluding hydrogens is 921 g/mol. The van der Waals surface area contributed by atoms with Crippen molar-refractivity contribution in [3.63, 3.8) is 0 Å². The van der Waals surface area contributed by atoms with Crippen LogP contribution in [0.5, 0.6) is 0 Å². The summed E-state index contributed by atoms with van der Waals surface area (Å²) in [5.41, 5.74) is 3.67. The fourth-order valence-electron chi connectivity index (χ4n) is 4.86. The Kier molecular flexibility index (Phi) is 29.9. The Balaban J connectivity index is 0.000000415. The Morgan fingerprint density at radius 2 is 1.25 bits per heavy atom. The molecule has 0 atom stereocenters. The second-order valence-electron chi connectivity index (χ2n) is 11.9. The molecular formula is C43H47N9NaO8PS3. The Labute approximate surface area is 415 Å². The van der Waals surface area contributed by atoms with Gasteiger partial charge in [0.15, 0.2) is 18.2 Å². The van der Waals surface area contributed by atoms with Gasteiger partial charge in [0.25, 0.3) is 5.69 Å². The Bertz CT molecular complexity index is 2420. The number of nitro groups is 1. The van der Waals surface area contributed by atoms with E-state index < -0.39 is 12.5 Å². The Morgan fingerprint density at radius 1 is 0.754 bits per heavy atom. The first-order chi connectivity index (χ1) is 31.0. The van der Waals surface area contributed by atoms with E-state index in [2.05, 4.69) is 47.7 Å². The quantitative estimate of drug-likeness (QED) is 0.0229. The van der Waals surface area contributed by atoms with Gasteiger partial charge in [-0.1, -0.05) is 18.2 Å². The number of aromatic nitrogens is 6. The molecule has 0 saturated carbocycles. The van der Waals surface area contributed by atoms with E-state index in [0.29, 0.717) is 27.5 Å². The SMILES string of the molecule is C1CCOC1.CCOP(=O)(C#N)OCC.CSc1cc(C#N)nc(-c2ccccn2)c1.CSc1cc[n+]([O-])c(-c2ccccn2)c1.C[S-].O=[N+]([O-])c1cc[n+]([O-])c(-c2ccccn2)c1.[Na+]. The predicted molar refractivity (Wildman–Crippen MR) is 249 cm³/mol. The Morgan fingerprint density at radius 3 is 1.65 bits per heavy atom. The van der Waals surface area contributed by atoms with Gasteiger partial charge in [0.1, 0.15) is 23.2 Å². The number of pyridine rings is 6. The second-order valence-corrected chi connectivity index (χ2v) is 15.4. The van der Waals surface area contributed by atoms with Gasteiger partial charge in [-0.05, 0) is 87.7 Å². The molecule has 1 saturated heterocycles. The monoisotopic (exact) mass is 967 g/mol. The molecule has 6 aromatic rings.